The number of imide groups is 1. The Morgan fingerprint density at radius 3 is 1.80 bits per heavy atom. The lowest BCUT2D eigenvalue weighted by molar-refractivity contribution is -0.139. The quantitative estimate of drug-likeness (QED) is 0.0572. The Labute approximate surface area is 365 Å². The molecule has 4 N–H and O–H groups in total. The highest BCUT2D eigenvalue weighted by Crippen LogP contribution is 2.32. The van der Waals surface area contributed by atoms with Crippen molar-refractivity contribution in [2.75, 3.05) is 59.2 Å². The Bertz CT molecular complexity index is 1810. The molecule has 0 radical (unpaired) electrons. The second-order valence-corrected chi connectivity index (χ2v) is 17.4. The van der Waals surface area contributed by atoms with Crippen molar-refractivity contribution in [3.05, 3.63) is 48.0 Å². The number of nitrogens with one attached hydrogen (secondary N) is 4. The number of amides is 6. The number of rotatable bonds is 24. The van der Waals surface area contributed by atoms with Crippen LogP contribution in [0.25, 0.3) is 11.1 Å². The van der Waals surface area contributed by atoms with Gasteiger partial charge in [-0.15, -0.1) is 0 Å². The maximum Gasteiger partial charge on any atom is 0.257 e. The van der Waals surface area contributed by atoms with Gasteiger partial charge < -0.3 is 40.2 Å². The third-order valence-corrected chi connectivity index (χ3v) is 11.3. The second kappa shape index (κ2) is 23.5. The monoisotopic (exact) mass is 867 g/mol. The lowest BCUT2D eigenvalue weighted by Crippen LogP contribution is -2.40. The SMILES string of the molecule is CCOC(C)(C)CCNC(=O)COc1ccc(-c2cc(OCC(=O)NCCC(C)(C)OCC)cc(C(=O)NCCNC(=O)C3CCC(CN4C(=O)CC(S)C4=O)CC3)c2)cc1. The van der Waals surface area contributed by atoms with Crippen molar-refractivity contribution in [1.29, 1.82) is 0 Å². The highest BCUT2D eigenvalue weighted by Gasteiger charge is 2.38. The van der Waals surface area contributed by atoms with Crippen LogP contribution < -0.4 is 30.7 Å². The molecule has 336 valence electrons. The molecule has 0 bridgehead atoms. The maximum absolute atomic E-state index is 13.5. The molecule has 2 aliphatic rings. The minimum atomic E-state index is -0.566. The average Bonchev–Trinajstić information content (AvgIpc) is 3.46. The van der Waals surface area contributed by atoms with E-state index >= 15 is 0 Å². The van der Waals surface area contributed by atoms with Crippen LogP contribution in [0.4, 0.5) is 0 Å². The largest absolute Gasteiger partial charge is 0.484 e. The van der Waals surface area contributed by atoms with E-state index in [4.69, 9.17) is 18.9 Å². The predicted molar refractivity (Wildman–Crippen MR) is 234 cm³/mol. The molecule has 6 amide bonds. The van der Waals surface area contributed by atoms with Gasteiger partial charge in [-0.2, -0.15) is 12.6 Å². The van der Waals surface area contributed by atoms with E-state index in [0.29, 0.717) is 81.2 Å². The smallest absolute Gasteiger partial charge is 0.257 e. The van der Waals surface area contributed by atoms with Crippen molar-refractivity contribution in [3.63, 3.8) is 0 Å². The van der Waals surface area contributed by atoms with Gasteiger partial charge in [-0.25, -0.2) is 0 Å². The number of likely N-dealkylation sites (tertiary alicyclic amines) is 1. The highest BCUT2D eigenvalue weighted by atomic mass is 32.1. The normalized spacial score (nSPS) is 18.1. The molecule has 2 fully saturated rings. The van der Waals surface area contributed by atoms with Gasteiger partial charge in [0.05, 0.1) is 16.5 Å². The van der Waals surface area contributed by atoms with Gasteiger partial charge in [0.2, 0.25) is 17.7 Å². The first kappa shape index (κ1) is 49.0. The summed E-state index contributed by atoms with van der Waals surface area (Å²) in [6.45, 7) is 14.1. The molecule has 4 rings (SSSR count). The fourth-order valence-corrected chi connectivity index (χ4v) is 7.68. The van der Waals surface area contributed by atoms with Gasteiger partial charge >= 0.3 is 0 Å². The van der Waals surface area contributed by atoms with Crippen LogP contribution in [0.15, 0.2) is 42.5 Å². The van der Waals surface area contributed by atoms with Crippen LogP contribution in [0.5, 0.6) is 11.5 Å². The molecular weight excluding hydrogens is 803 g/mol. The zero-order valence-electron chi connectivity index (χ0n) is 36.6. The van der Waals surface area contributed by atoms with Gasteiger partial charge in [-0.3, -0.25) is 33.7 Å². The molecule has 1 heterocycles. The number of hydrogen-bond donors (Lipinski definition) is 5. The van der Waals surface area contributed by atoms with Crippen LogP contribution in [0.1, 0.15) is 96.8 Å². The summed E-state index contributed by atoms with van der Waals surface area (Å²) < 4.78 is 23.0. The number of thiol groups is 1. The predicted octanol–water partition coefficient (Wildman–Crippen LogP) is 4.46. The lowest BCUT2D eigenvalue weighted by atomic mass is 9.81. The van der Waals surface area contributed by atoms with Crippen LogP contribution in [-0.4, -0.2) is 116 Å². The molecule has 2 aromatic carbocycles. The lowest BCUT2D eigenvalue weighted by Gasteiger charge is -2.30. The fourth-order valence-electron chi connectivity index (χ4n) is 7.39. The van der Waals surface area contributed by atoms with Crippen LogP contribution in [0.3, 0.4) is 0 Å². The highest BCUT2D eigenvalue weighted by molar-refractivity contribution is 7.81. The first-order chi connectivity index (χ1) is 29.0. The first-order valence-electron chi connectivity index (χ1n) is 21.4. The number of hydrogen-bond acceptors (Lipinski definition) is 11. The van der Waals surface area contributed by atoms with Crippen molar-refractivity contribution in [1.82, 2.24) is 26.2 Å². The molecule has 0 aromatic heterocycles. The molecule has 1 unspecified atom stereocenters. The Hall–Kier alpha value is -4.67. The van der Waals surface area contributed by atoms with Crippen LogP contribution in [-0.2, 0) is 33.4 Å². The van der Waals surface area contributed by atoms with Gasteiger partial charge in [0.15, 0.2) is 13.2 Å². The van der Waals surface area contributed by atoms with Crippen LogP contribution >= 0.6 is 12.6 Å². The van der Waals surface area contributed by atoms with E-state index in [-0.39, 0.29) is 85.3 Å². The number of nitrogens with zero attached hydrogens (tertiary/aromatic N) is 1. The van der Waals surface area contributed by atoms with Gasteiger partial charge in [-0.05, 0) is 127 Å². The summed E-state index contributed by atoms with van der Waals surface area (Å²) in [5.41, 5.74) is 0.959. The third-order valence-electron chi connectivity index (χ3n) is 10.9. The van der Waals surface area contributed by atoms with Gasteiger partial charge in [0, 0.05) is 63.8 Å². The average molecular weight is 868 g/mol. The second-order valence-electron chi connectivity index (χ2n) is 16.8. The molecule has 2 aromatic rings. The van der Waals surface area contributed by atoms with Crippen molar-refractivity contribution >= 4 is 48.1 Å². The van der Waals surface area contributed by atoms with E-state index in [1.165, 1.54) is 4.90 Å². The summed E-state index contributed by atoms with van der Waals surface area (Å²) in [6, 6.07) is 12.1. The Morgan fingerprint density at radius 2 is 1.26 bits per heavy atom. The standard InChI is InChI=1S/C45H65N5O10S/c1-7-59-44(3,4)17-19-46-38(51)28-57-35-15-13-31(14-16-35)33-23-34(25-36(24-33)58-29-39(52)47-20-18-45(5,6)60-8-2)42(55)49-22-21-48-41(54)32-11-9-30(10-12-32)27-50-40(53)26-37(61)43(50)56/h13-16,23-25,30,32,37,61H,7-12,17-22,26-29H2,1-6H3,(H,46,51)(H,47,52)(H,48,54)(H,49,55). The topological polar surface area (TPSA) is 191 Å². The molecular formula is C45H65N5O10S. The molecule has 1 atom stereocenters. The molecule has 1 aliphatic heterocycles. The van der Waals surface area contributed by atoms with Gasteiger partial charge in [-0.1, -0.05) is 12.1 Å². The third kappa shape index (κ3) is 16.3. The van der Waals surface area contributed by atoms with Gasteiger partial charge in [0.25, 0.3) is 17.7 Å². The molecule has 1 aliphatic carbocycles. The molecule has 1 saturated carbocycles. The summed E-state index contributed by atoms with van der Waals surface area (Å²) >= 11 is 4.20. The molecule has 15 nitrogen and oxygen atoms in total. The Morgan fingerprint density at radius 1 is 0.705 bits per heavy atom. The number of carbonyl (C=O) groups is 6. The van der Waals surface area contributed by atoms with E-state index in [1.807, 2.05) is 41.5 Å². The minimum Gasteiger partial charge on any atom is -0.484 e. The summed E-state index contributed by atoms with van der Waals surface area (Å²) in [5, 5.41) is 10.9. The van der Waals surface area contributed by atoms with Crippen molar-refractivity contribution in [3.8, 4) is 22.6 Å². The Balaban J connectivity index is 1.32. The zero-order valence-corrected chi connectivity index (χ0v) is 37.5. The first-order valence-corrected chi connectivity index (χ1v) is 21.9. The van der Waals surface area contributed by atoms with E-state index < -0.39 is 11.2 Å². The van der Waals surface area contributed by atoms with Gasteiger partial charge in [0.1, 0.15) is 11.5 Å². The number of ether oxygens (including phenoxy) is 4. The fraction of sp³-hybridized carbons (Fsp3) is 0.600. The van der Waals surface area contributed by atoms with Crippen molar-refractivity contribution in [2.24, 2.45) is 11.8 Å². The molecule has 1 saturated heterocycles. The van der Waals surface area contributed by atoms with Crippen molar-refractivity contribution < 1.29 is 47.7 Å². The zero-order chi connectivity index (χ0) is 44.6. The van der Waals surface area contributed by atoms with Crippen LogP contribution in [0, 0.1) is 11.8 Å². The molecule has 0 spiro atoms. The van der Waals surface area contributed by atoms with E-state index in [2.05, 4.69) is 33.9 Å². The Kier molecular flexibility index (Phi) is 18.9. The molecule has 16 heteroatoms. The minimum absolute atomic E-state index is 0.0940. The van der Waals surface area contributed by atoms with E-state index in [1.54, 1.807) is 42.5 Å². The van der Waals surface area contributed by atoms with E-state index in [0.717, 1.165) is 18.4 Å². The maximum atomic E-state index is 13.5. The van der Waals surface area contributed by atoms with E-state index in [9.17, 15) is 28.8 Å². The summed E-state index contributed by atoms with van der Waals surface area (Å²) in [4.78, 5) is 77.3. The van der Waals surface area contributed by atoms with Crippen molar-refractivity contribution in [2.45, 2.75) is 103 Å². The summed E-state index contributed by atoms with van der Waals surface area (Å²) in [6.07, 6.45) is 4.19. The van der Waals surface area contributed by atoms with Crippen LogP contribution in [0.2, 0.25) is 0 Å². The summed E-state index contributed by atoms with van der Waals surface area (Å²) in [5.74, 6) is -0.715. The number of carbonyl (C=O) groups excluding carboxylic acids is 6. The number of benzene rings is 2. The molecule has 61 heavy (non-hydrogen) atoms. The summed E-state index contributed by atoms with van der Waals surface area (Å²) in [7, 11) is 0.